The second-order valence-electron chi connectivity index (χ2n) is 5.86. The van der Waals surface area contributed by atoms with Gasteiger partial charge in [-0.3, -0.25) is 0 Å². The van der Waals surface area contributed by atoms with E-state index >= 15 is 0 Å². The summed E-state index contributed by atoms with van der Waals surface area (Å²) in [5.74, 6) is 0. The van der Waals surface area contributed by atoms with Crippen molar-refractivity contribution >= 4 is 0 Å². The van der Waals surface area contributed by atoms with Gasteiger partial charge in [0, 0.05) is 13.7 Å². The Morgan fingerprint density at radius 2 is 1.20 bits per heavy atom. The number of unbranched alkanes of at least 4 members (excludes halogenated alkanes) is 10. The smallest absolute Gasteiger partial charge is 0.0808 e. The van der Waals surface area contributed by atoms with Gasteiger partial charge < -0.3 is 9.47 Å². The van der Waals surface area contributed by atoms with Crippen molar-refractivity contribution in [1.29, 1.82) is 0 Å². The quantitative estimate of drug-likeness (QED) is 0.337. The highest BCUT2D eigenvalue weighted by molar-refractivity contribution is 4.57. The first-order chi connectivity index (χ1) is 9.85. The van der Waals surface area contributed by atoms with Crippen LogP contribution in [0.15, 0.2) is 0 Å². The Hall–Kier alpha value is -0.0800. The third kappa shape index (κ3) is 14.3. The summed E-state index contributed by atoms with van der Waals surface area (Å²) in [5, 5.41) is 0. The van der Waals surface area contributed by atoms with Crippen molar-refractivity contribution < 1.29 is 9.47 Å². The molecule has 2 heteroatoms. The van der Waals surface area contributed by atoms with Gasteiger partial charge in [0.2, 0.25) is 0 Å². The Bertz CT molecular complexity index is 165. The van der Waals surface area contributed by atoms with Crippen molar-refractivity contribution in [2.45, 2.75) is 97.0 Å². The average molecular weight is 286 g/mol. The summed E-state index contributed by atoms with van der Waals surface area (Å²) in [6, 6.07) is 0. The maximum absolute atomic E-state index is 5.65. The molecule has 0 radical (unpaired) electrons. The minimum atomic E-state index is 0.309. The van der Waals surface area contributed by atoms with Crippen molar-refractivity contribution in [1.82, 2.24) is 0 Å². The normalized spacial score (nSPS) is 12.8. The molecule has 122 valence electrons. The maximum atomic E-state index is 5.65. The molecule has 0 aliphatic rings. The second kappa shape index (κ2) is 17.0. The highest BCUT2D eigenvalue weighted by atomic mass is 16.5. The summed E-state index contributed by atoms with van der Waals surface area (Å²) in [7, 11) is 1.76. The SMILES string of the molecule is CCCCCCCCCCCCC[C@H](COC)OCC. The second-order valence-corrected chi connectivity index (χ2v) is 5.86. The fourth-order valence-corrected chi connectivity index (χ4v) is 2.67. The molecule has 1 atom stereocenters. The molecule has 0 N–H and O–H groups in total. The molecule has 0 amide bonds. The zero-order valence-electron chi connectivity index (χ0n) is 14.3. The fourth-order valence-electron chi connectivity index (χ4n) is 2.67. The molecule has 0 bridgehead atoms. The van der Waals surface area contributed by atoms with Crippen LogP contribution in [0.4, 0.5) is 0 Å². The van der Waals surface area contributed by atoms with E-state index in [-0.39, 0.29) is 0 Å². The molecule has 0 aromatic rings. The van der Waals surface area contributed by atoms with Crippen LogP contribution >= 0.6 is 0 Å². The van der Waals surface area contributed by atoms with Crippen molar-refractivity contribution in [3.05, 3.63) is 0 Å². The molecule has 0 unspecified atom stereocenters. The van der Waals surface area contributed by atoms with Gasteiger partial charge in [0.1, 0.15) is 0 Å². The molecule has 0 aromatic heterocycles. The van der Waals surface area contributed by atoms with Gasteiger partial charge in [-0.1, -0.05) is 77.6 Å². The average Bonchev–Trinajstić information content (AvgIpc) is 2.45. The molecule has 0 heterocycles. The molecule has 0 fully saturated rings. The molecule has 2 nitrogen and oxygen atoms in total. The Labute approximate surface area is 127 Å². The molecule has 0 aliphatic heterocycles. The molecule has 0 saturated carbocycles. The van der Waals surface area contributed by atoms with E-state index in [1.54, 1.807) is 7.11 Å². The lowest BCUT2D eigenvalue weighted by molar-refractivity contribution is -0.00162. The first-order valence-electron chi connectivity index (χ1n) is 8.95. The van der Waals surface area contributed by atoms with Gasteiger partial charge in [-0.15, -0.1) is 0 Å². The number of hydrogen-bond donors (Lipinski definition) is 0. The van der Waals surface area contributed by atoms with Gasteiger partial charge in [0.25, 0.3) is 0 Å². The predicted molar refractivity (Wildman–Crippen MR) is 88.4 cm³/mol. The van der Waals surface area contributed by atoms with Crippen molar-refractivity contribution in [3.8, 4) is 0 Å². The zero-order valence-corrected chi connectivity index (χ0v) is 14.3. The summed E-state index contributed by atoms with van der Waals surface area (Å²) < 4.78 is 10.8. The molecule has 0 spiro atoms. The minimum Gasteiger partial charge on any atom is -0.382 e. The van der Waals surface area contributed by atoms with Gasteiger partial charge >= 0.3 is 0 Å². The Morgan fingerprint density at radius 3 is 1.65 bits per heavy atom. The fraction of sp³-hybridized carbons (Fsp3) is 1.00. The van der Waals surface area contributed by atoms with Crippen LogP contribution in [0.3, 0.4) is 0 Å². The molecule has 0 saturated heterocycles. The largest absolute Gasteiger partial charge is 0.382 e. The summed E-state index contributed by atoms with van der Waals surface area (Å²) in [6.07, 6.45) is 16.9. The lowest BCUT2D eigenvalue weighted by Gasteiger charge is -2.15. The Morgan fingerprint density at radius 1 is 0.700 bits per heavy atom. The van der Waals surface area contributed by atoms with E-state index in [4.69, 9.17) is 9.47 Å². The number of ether oxygens (including phenoxy) is 2. The predicted octanol–water partition coefficient (Wildman–Crippen LogP) is 5.74. The van der Waals surface area contributed by atoms with Crippen molar-refractivity contribution in [2.24, 2.45) is 0 Å². The van der Waals surface area contributed by atoms with Crippen LogP contribution in [0.1, 0.15) is 90.9 Å². The lowest BCUT2D eigenvalue weighted by atomic mass is 10.0. The summed E-state index contributed by atoms with van der Waals surface area (Å²) in [5.41, 5.74) is 0. The van der Waals surface area contributed by atoms with Crippen LogP contribution in [0.2, 0.25) is 0 Å². The topological polar surface area (TPSA) is 18.5 Å². The molecular weight excluding hydrogens is 248 g/mol. The number of methoxy groups -OCH3 is 1. The van der Waals surface area contributed by atoms with Gasteiger partial charge in [-0.05, 0) is 13.3 Å². The van der Waals surface area contributed by atoms with Crippen LogP contribution in [-0.2, 0) is 9.47 Å². The molecular formula is C18H38O2. The maximum Gasteiger partial charge on any atom is 0.0808 e. The summed E-state index contributed by atoms with van der Waals surface area (Å²) >= 11 is 0. The zero-order chi connectivity index (χ0) is 14.9. The van der Waals surface area contributed by atoms with Crippen LogP contribution in [0.5, 0.6) is 0 Å². The van der Waals surface area contributed by atoms with E-state index in [1.807, 2.05) is 0 Å². The van der Waals surface area contributed by atoms with Crippen LogP contribution in [0, 0.1) is 0 Å². The van der Waals surface area contributed by atoms with E-state index in [2.05, 4.69) is 13.8 Å². The summed E-state index contributed by atoms with van der Waals surface area (Å²) in [6.45, 7) is 5.88. The highest BCUT2D eigenvalue weighted by Gasteiger charge is 2.06. The van der Waals surface area contributed by atoms with Crippen LogP contribution in [0.25, 0.3) is 0 Å². The van der Waals surface area contributed by atoms with Gasteiger partial charge in [-0.2, -0.15) is 0 Å². The summed E-state index contributed by atoms with van der Waals surface area (Å²) in [4.78, 5) is 0. The molecule has 0 rings (SSSR count). The first kappa shape index (κ1) is 19.9. The standard InChI is InChI=1S/C18H38O2/c1-4-6-7-8-9-10-11-12-13-14-15-16-18(17-19-3)20-5-2/h18H,4-17H2,1-3H3/t18-/m1/s1. The van der Waals surface area contributed by atoms with Gasteiger partial charge in [-0.25, -0.2) is 0 Å². The van der Waals surface area contributed by atoms with Crippen LogP contribution in [-0.4, -0.2) is 26.4 Å². The monoisotopic (exact) mass is 286 g/mol. The van der Waals surface area contributed by atoms with E-state index in [9.17, 15) is 0 Å². The highest BCUT2D eigenvalue weighted by Crippen LogP contribution is 2.13. The molecule has 20 heavy (non-hydrogen) atoms. The first-order valence-corrected chi connectivity index (χ1v) is 8.95. The third-order valence-corrected chi connectivity index (χ3v) is 3.88. The minimum absolute atomic E-state index is 0.309. The third-order valence-electron chi connectivity index (χ3n) is 3.88. The Kier molecular flexibility index (Phi) is 16.9. The molecule has 0 aromatic carbocycles. The van der Waals surface area contributed by atoms with E-state index in [0.29, 0.717) is 6.10 Å². The number of hydrogen-bond acceptors (Lipinski definition) is 2. The number of rotatable bonds is 16. The Balaban J connectivity index is 3.18. The lowest BCUT2D eigenvalue weighted by Crippen LogP contribution is -2.18. The van der Waals surface area contributed by atoms with Crippen molar-refractivity contribution in [3.63, 3.8) is 0 Å². The van der Waals surface area contributed by atoms with E-state index in [0.717, 1.165) is 19.6 Å². The van der Waals surface area contributed by atoms with Crippen molar-refractivity contribution in [2.75, 3.05) is 20.3 Å². The van der Waals surface area contributed by atoms with Gasteiger partial charge in [0.05, 0.1) is 12.7 Å². The van der Waals surface area contributed by atoms with Gasteiger partial charge in [0.15, 0.2) is 0 Å². The van der Waals surface area contributed by atoms with E-state index in [1.165, 1.54) is 70.6 Å². The van der Waals surface area contributed by atoms with E-state index < -0.39 is 0 Å². The van der Waals surface area contributed by atoms with Crippen LogP contribution < -0.4 is 0 Å². The molecule has 0 aliphatic carbocycles.